The van der Waals surface area contributed by atoms with Gasteiger partial charge in [0.15, 0.2) is 11.6 Å². The number of aromatic nitrogens is 2. The zero-order chi connectivity index (χ0) is 15.8. The monoisotopic (exact) mass is 319 g/mol. The van der Waals surface area contributed by atoms with Gasteiger partial charge in [0.05, 0.1) is 6.54 Å². The van der Waals surface area contributed by atoms with Gasteiger partial charge in [-0.05, 0) is 6.07 Å². The smallest absolute Gasteiger partial charge is 0.246 e. The Labute approximate surface area is 119 Å². The minimum absolute atomic E-state index is 0.135. The average molecular weight is 319 g/mol. The van der Waals surface area contributed by atoms with Crippen LogP contribution in [0.15, 0.2) is 29.4 Å². The Morgan fingerprint density at radius 1 is 1.19 bits per heavy atom. The molecule has 21 heavy (non-hydrogen) atoms. The largest absolute Gasteiger partial charge is 0.337 e. The molecule has 0 amide bonds. The number of halogens is 3. The second-order valence-corrected chi connectivity index (χ2v) is 6.43. The van der Waals surface area contributed by atoms with Crippen LogP contribution < -0.4 is 0 Å². The Bertz CT molecular complexity index is 774. The number of aryl methyl sites for hydroxylation is 1. The molecule has 0 unspecified atom stereocenters. The number of benzene rings is 1. The van der Waals surface area contributed by atoms with Gasteiger partial charge in [0.25, 0.3) is 0 Å². The van der Waals surface area contributed by atoms with E-state index in [-0.39, 0.29) is 12.6 Å². The highest BCUT2D eigenvalue weighted by molar-refractivity contribution is 7.89. The molecular weight excluding hydrogens is 307 g/mol. The lowest BCUT2D eigenvalue weighted by atomic mass is 10.3. The van der Waals surface area contributed by atoms with Crippen molar-refractivity contribution in [1.29, 1.82) is 0 Å². The summed E-state index contributed by atoms with van der Waals surface area (Å²) in [5.74, 6) is -3.80. The first kappa shape index (κ1) is 15.5. The summed E-state index contributed by atoms with van der Waals surface area (Å²) in [7, 11) is -1.44. The molecule has 0 N–H and O–H groups in total. The summed E-state index contributed by atoms with van der Waals surface area (Å²) in [6, 6.07) is 0.533. The lowest BCUT2D eigenvalue weighted by molar-refractivity contribution is 0.439. The van der Waals surface area contributed by atoms with Crippen LogP contribution in [-0.4, -0.2) is 29.3 Å². The minimum atomic E-state index is -4.30. The van der Waals surface area contributed by atoms with Crippen molar-refractivity contribution in [2.75, 3.05) is 7.05 Å². The molecule has 2 rings (SSSR count). The molecule has 5 nitrogen and oxygen atoms in total. The first-order valence-corrected chi connectivity index (χ1v) is 7.24. The zero-order valence-electron chi connectivity index (χ0n) is 11.2. The molecule has 0 aliphatic carbocycles. The second kappa shape index (κ2) is 5.49. The lowest BCUT2D eigenvalue weighted by Crippen LogP contribution is -2.28. The Hall–Kier alpha value is -1.87. The van der Waals surface area contributed by atoms with Crippen LogP contribution in [-0.2, 0) is 23.6 Å². The van der Waals surface area contributed by atoms with Crippen molar-refractivity contribution in [2.24, 2.45) is 7.05 Å². The van der Waals surface area contributed by atoms with E-state index in [0.29, 0.717) is 11.9 Å². The second-order valence-electron chi connectivity index (χ2n) is 4.41. The molecule has 1 aromatic heterocycles. The van der Waals surface area contributed by atoms with Gasteiger partial charge in [-0.25, -0.2) is 26.6 Å². The van der Waals surface area contributed by atoms with Crippen LogP contribution in [0, 0.1) is 17.5 Å². The van der Waals surface area contributed by atoms with E-state index in [2.05, 4.69) is 4.98 Å². The number of sulfonamides is 1. The van der Waals surface area contributed by atoms with Gasteiger partial charge in [0.2, 0.25) is 10.0 Å². The summed E-state index contributed by atoms with van der Waals surface area (Å²) in [6.07, 6.45) is 3.10. The fourth-order valence-electron chi connectivity index (χ4n) is 1.70. The van der Waals surface area contributed by atoms with Gasteiger partial charge in [0, 0.05) is 32.6 Å². The predicted octanol–water partition coefficient (Wildman–Crippen LogP) is 1.66. The van der Waals surface area contributed by atoms with E-state index in [4.69, 9.17) is 0 Å². The number of hydrogen-bond acceptors (Lipinski definition) is 3. The molecule has 9 heteroatoms. The molecule has 2 aromatic rings. The summed E-state index contributed by atoms with van der Waals surface area (Å²) in [5, 5.41) is 0. The van der Waals surface area contributed by atoms with Crippen molar-refractivity contribution in [3.63, 3.8) is 0 Å². The average Bonchev–Trinajstić information content (AvgIpc) is 2.79. The van der Waals surface area contributed by atoms with Crippen molar-refractivity contribution in [3.8, 4) is 0 Å². The van der Waals surface area contributed by atoms with Crippen molar-refractivity contribution < 1.29 is 21.6 Å². The molecule has 0 spiro atoms. The SMILES string of the molecule is CN(Cc1nccn1C)S(=O)(=O)c1cc(F)c(F)cc1F. The first-order valence-electron chi connectivity index (χ1n) is 5.80. The van der Waals surface area contributed by atoms with Crippen LogP contribution in [0.3, 0.4) is 0 Å². The molecular formula is C12H12F3N3O2S. The maximum atomic E-state index is 13.6. The quantitative estimate of drug-likeness (QED) is 0.805. The van der Waals surface area contributed by atoms with E-state index in [1.54, 1.807) is 17.8 Å². The van der Waals surface area contributed by atoms with E-state index in [0.717, 1.165) is 4.31 Å². The van der Waals surface area contributed by atoms with Gasteiger partial charge in [-0.2, -0.15) is 4.31 Å². The van der Waals surface area contributed by atoms with Crippen LogP contribution in [0.2, 0.25) is 0 Å². The van der Waals surface area contributed by atoms with Gasteiger partial charge in [-0.3, -0.25) is 0 Å². The van der Waals surface area contributed by atoms with E-state index in [9.17, 15) is 21.6 Å². The topological polar surface area (TPSA) is 55.2 Å². The van der Waals surface area contributed by atoms with Gasteiger partial charge >= 0.3 is 0 Å². The molecule has 0 aliphatic rings. The summed E-state index contributed by atoms with van der Waals surface area (Å²) < 4.78 is 66.5. The van der Waals surface area contributed by atoms with Crippen LogP contribution in [0.1, 0.15) is 5.82 Å². The van der Waals surface area contributed by atoms with Crippen molar-refractivity contribution in [2.45, 2.75) is 11.4 Å². The Kier molecular flexibility index (Phi) is 4.06. The van der Waals surface area contributed by atoms with Crippen LogP contribution in [0.25, 0.3) is 0 Å². The fraction of sp³-hybridized carbons (Fsp3) is 0.250. The number of nitrogens with zero attached hydrogens (tertiary/aromatic N) is 3. The highest BCUT2D eigenvalue weighted by atomic mass is 32.2. The maximum Gasteiger partial charge on any atom is 0.246 e. The van der Waals surface area contributed by atoms with Crippen LogP contribution >= 0.6 is 0 Å². The molecule has 0 bridgehead atoms. The lowest BCUT2D eigenvalue weighted by Gasteiger charge is -2.17. The summed E-state index contributed by atoms with van der Waals surface area (Å²) in [5.41, 5.74) is 0. The van der Waals surface area contributed by atoms with Crippen molar-refractivity contribution in [1.82, 2.24) is 13.9 Å². The highest BCUT2D eigenvalue weighted by Gasteiger charge is 2.27. The van der Waals surface area contributed by atoms with Gasteiger partial charge in [0.1, 0.15) is 16.5 Å². The highest BCUT2D eigenvalue weighted by Crippen LogP contribution is 2.22. The number of hydrogen-bond donors (Lipinski definition) is 0. The van der Waals surface area contributed by atoms with E-state index < -0.39 is 32.4 Å². The minimum Gasteiger partial charge on any atom is -0.337 e. The molecule has 0 saturated carbocycles. The first-order chi connectivity index (χ1) is 9.73. The molecule has 0 fully saturated rings. The molecule has 0 aliphatic heterocycles. The Morgan fingerprint density at radius 3 is 2.38 bits per heavy atom. The van der Waals surface area contributed by atoms with E-state index in [1.165, 1.54) is 13.2 Å². The third-order valence-corrected chi connectivity index (χ3v) is 4.77. The maximum absolute atomic E-state index is 13.6. The summed E-state index contributed by atoms with van der Waals surface area (Å²) >= 11 is 0. The van der Waals surface area contributed by atoms with Gasteiger partial charge in [-0.1, -0.05) is 0 Å². The van der Waals surface area contributed by atoms with Crippen LogP contribution in [0.4, 0.5) is 13.2 Å². The molecule has 114 valence electrons. The van der Waals surface area contributed by atoms with Gasteiger partial charge < -0.3 is 4.57 Å². The van der Waals surface area contributed by atoms with Gasteiger partial charge in [-0.15, -0.1) is 0 Å². The molecule has 1 heterocycles. The molecule has 0 atom stereocenters. The normalized spacial score (nSPS) is 12.1. The predicted molar refractivity (Wildman–Crippen MR) is 68.2 cm³/mol. The number of rotatable bonds is 4. The fourth-order valence-corrected chi connectivity index (χ4v) is 2.88. The Balaban J connectivity index is 2.38. The zero-order valence-corrected chi connectivity index (χ0v) is 12.0. The molecule has 1 aromatic carbocycles. The third kappa shape index (κ3) is 2.93. The van der Waals surface area contributed by atoms with Crippen LogP contribution in [0.5, 0.6) is 0 Å². The Morgan fingerprint density at radius 2 is 1.81 bits per heavy atom. The molecule has 0 radical (unpaired) electrons. The standard InChI is InChI=1S/C12H12F3N3O2S/c1-17-4-3-16-12(17)7-18(2)21(19,20)11-6-9(14)8(13)5-10(11)15/h3-6H,7H2,1-2H3. The summed E-state index contributed by atoms with van der Waals surface area (Å²) in [4.78, 5) is 3.03. The van der Waals surface area contributed by atoms with Crippen molar-refractivity contribution >= 4 is 10.0 Å². The van der Waals surface area contributed by atoms with E-state index >= 15 is 0 Å². The summed E-state index contributed by atoms with van der Waals surface area (Å²) in [6.45, 7) is -0.135. The number of imidazole rings is 1. The molecule has 0 saturated heterocycles. The van der Waals surface area contributed by atoms with Crippen molar-refractivity contribution in [3.05, 3.63) is 47.8 Å². The third-order valence-electron chi connectivity index (χ3n) is 2.95. The van der Waals surface area contributed by atoms with E-state index in [1.807, 2.05) is 0 Å².